The van der Waals surface area contributed by atoms with Crippen LogP contribution < -0.4 is 16.3 Å². The van der Waals surface area contributed by atoms with Crippen LogP contribution in [0.2, 0.25) is 5.02 Å². The number of aromatic nitrogens is 2. The minimum absolute atomic E-state index is 0.0308. The molecule has 3 N–H and O–H groups in total. The van der Waals surface area contributed by atoms with Crippen LogP contribution in [0, 0.1) is 11.7 Å². The largest absolute Gasteiger partial charge is 0.394 e. The molecule has 0 aliphatic carbocycles. The second kappa shape index (κ2) is 10.5. The summed E-state index contributed by atoms with van der Waals surface area (Å²) < 4.78 is 23.0. The van der Waals surface area contributed by atoms with E-state index in [1.807, 2.05) is 18.5 Å². The predicted octanol–water partition coefficient (Wildman–Crippen LogP) is 1.91. The molecule has 0 atom stereocenters. The Labute approximate surface area is 196 Å². The molecule has 0 saturated carbocycles. The Balaban J connectivity index is 1.74. The van der Waals surface area contributed by atoms with Crippen LogP contribution >= 0.6 is 11.6 Å². The number of hydrogen-bond donors (Lipinski definition) is 3. The molecule has 1 amide bonds. The van der Waals surface area contributed by atoms with Crippen molar-refractivity contribution < 1.29 is 23.9 Å². The van der Waals surface area contributed by atoms with Crippen molar-refractivity contribution in [3.05, 3.63) is 47.0 Å². The summed E-state index contributed by atoms with van der Waals surface area (Å²) in [5, 5.41) is 12.3. The van der Waals surface area contributed by atoms with Crippen LogP contribution in [0.15, 0.2) is 30.6 Å². The monoisotopic (exact) mass is 474 g/mol. The standard InChI is InChI=1S/C22H25BClFN4O4/c23-14-1-2-17(16(24)9-14)27-20-15(22(31)28-33-8-5-30)10-18-21(19(20)25)26-12-29(18)11-13-3-6-32-7-4-13/h1-2,9-10,12-13,27,30H,3-8,11,23H2,(H,28,31). The molecule has 1 aliphatic rings. The molecular weight excluding hydrogens is 450 g/mol. The molecule has 4 rings (SSSR count). The Hall–Kier alpha value is -2.66. The maximum absolute atomic E-state index is 15.7. The van der Waals surface area contributed by atoms with Crippen molar-refractivity contribution in [1.29, 1.82) is 0 Å². The molecule has 11 heteroatoms. The van der Waals surface area contributed by atoms with Crippen molar-refractivity contribution in [1.82, 2.24) is 15.0 Å². The third-order valence-electron chi connectivity index (χ3n) is 5.64. The average molecular weight is 475 g/mol. The quantitative estimate of drug-likeness (QED) is 0.262. The molecular formula is C22H25BClFN4O4. The molecule has 8 nitrogen and oxygen atoms in total. The number of halogens is 2. The normalized spacial score (nSPS) is 14.5. The van der Waals surface area contributed by atoms with Gasteiger partial charge in [-0.3, -0.25) is 9.63 Å². The number of aliphatic hydroxyl groups excluding tert-OH is 1. The molecule has 0 bridgehead atoms. The molecule has 0 radical (unpaired) electrons. The van der Waals surface area contributed by atoms with Gasteiger partial charge in [0.1, 0.15) is 13.4 Å². The highest BCUT2D eigenvalue weighted by molar-refractivity contribution is 6.37. The molecule has 2 aromatic carbocycles. The van der Waals surface area contributed by atoms with E-state index in [0.717, 1.165) is 18.3 Å². The van der Waals surface area contributed by atoms with E-state index in [1.165, 1.54) is 0 Å². The molecule has 174 valence electrons. The Morgan fingerprint density at radius 2 is 2.15 bits per heavy atom. The number of carbonyl (C=O) groups excluding carboxylic acids is 1. The minimum Gasteiger partial charge on any atom is -0.394 e. The Morgan fingerprint density at radius 1 is 1.36 bits per heavy atom. The van der Waals surface area contributed by atoms with Gasteiger partial charge in [0.05, 0.1) is 47.0 Å². The summed E-state index contributed by atoms with van der Waals surface area (Å²) in [6, 6.07) is 6.88. The van der Waals surface area contributed by atoms with E-state index in [1.54, 1.807) is 24.5 Å². The van der Waals surface area contributed by atoms with Gasteiger partial charge in [-0.2, -0.15) is 0 Å². The van der Waals surface area contributed by atoms with Crippen LogP contribution in [0.25, 0.3) is 11.0 Å². The molecule has 1 aliphatic heterocycles. The molecule has 33 heavy (non-hydrogen) atoms. The Kier molecular flexibility index (Phi) is 7.49. The highest BCUT2D eigenvalue weighted by Crippen LogP contribution is 2.33. The van der Waals surface area contributed by atoms with E-state index >= 15 is 4.39 Å². The van der Waals surface area contributed by atoms with Crippen LogP contribution in [0.3, 0.4) is 0 Å². The van der Waals surface area contributed by atoms with Crippen molar-refractivity contribution in [3.8, 4) is 0 Å². The number of rotatable bonds is 8. The Morgan fingerprint density at radius 3 is 2.88 bits per heavy atom. The van der Waals surface area contributed by atoms with Crippen LogP contribution in [0.5, 0.6) is 0 Å². The fourth-order valence-corrected chi connectivity index (χ4v) is 4.17. The summed E-state index contributed by atoms with van der Waals surface area (Å²) in [6.45, 7) is 1.69. The third-order valence-corrected chi connectivity index (χ3v) is 5.95. The van der Waals surface area contributed by atoms with Gasteiger partial charge in [0, 0.05) is 19.8 Å². The topological polar surface area (TPSA) is 97.6 Å². The van der Waals surface area contributed by atoms with E-state index < -0.39 is 11.7 Å². The first kappa shape index (κ1) is 23.5. The number of aliphatic hydroxyl groups is 1. The van der Waals surface area contributed by atoms with Gasteiger partial charge in [-0.25, -0.2) is 14.9 Å². The zero-order valence-corrected chi connectivity index (χ0v) is 19.0. The van der Waals surface area contributed by atoms with Crippen molar-refractivity contribution in [2.24, 2.45) is 5.92 Å². The van der Waals surface area contributed by atoms with Gasteiger partial charge in [-0.15, -0.1) is 0 Å². The Bertz CT molecular complexity index is 1150. The summed E-state index contributed by atoms with van der Waals surface area (Å²) >= 11 is 6.33. The number of hydrogen-bond acceptors (Lipinski definition) is 6. The highest BCUT2D eigenvalue weighted by Gasteiger charge is 2.24. The number of hydroxylamine groups is 1. The summed E-state index contributed by atoms with van der Waals surface area (Å²) in [5.41, 5.74) is 4.28. The number of amides is 1. The molecule has 0 spiro atoms. The second-order valence-corrected chi connectivity index (χ2v) is 8.45. The lowest BCUT2D eigenvalue weighted by atomic mass is 9.96. The van der Waals surface area contributed by atoms with Gasteiger partial charge in [0.2, 0.25) is 0 Å². The maximum Gasteiger partial charge on any atom is 0.277 e. The van der Waals surface area contributed by atoms with Gasteiger partial charge in [0.15, 0.2) is 5.82 Å². The van der Waals surface area contributed by atoms with Crippen LogP contribution in [0.4, 0.5) is 15.8 Å². The van der Waals surface area contributed by atoms with E-state index in [-0.39, 0.29) is 30.0 Å². The number of anilines is 2. The van der Waals surface area contributed by atoms with Gasteiger partial charge in [0.25, 0.3) is 5.91 Å². The number of carbonyl (C=O) groups is 1. The summed E-state index contributed by atoms with van der Waals surface area (Å²) in [5.74, 6) is -0.940. The van der Waals surface area contributed by atoms with Crippen molar-refractivity contribution >= 4 is 53.2 Å². The zero-order chi connectivity index (χ0) is 23.4. The van der Waals surface area contributed by atoms with Gasteiger partial charge >= 0.3 is 0 Å². The third kappa shape index (κ3) is 5.30. The number of nitrogens with one attached hydrogen (secondary N) is 2. The van der Waals surface area contributed by atoms with E-state index in [9.17, 15) is 4.79 Å². The summed E-state index contributed by atoms with van der Waals surface area (Å²) in [7, 11) is 1.89. The number of nitrogens with zero attached hydrogens (tertiary/aromatic N) is 2. The van der Waals surface area contributed by atoms with E-state index in [0.29, 0.717) is 41.9 Å². The number of ether oxygens (including phenoxy) is 1. The summed E-state index contributed by atoms with van der Waals surface area (Å²) in [4.78, 5) is 22.1. The molecule has 3 aromatic rings. The zero-order valence-electron chi connectivity index (χ0n) is 18.2. The van der Waals surface area contributed by atoms with Crippen molar-refractivity contribution in [2.45, 2.75) is 19.4 Å². The number of benzene rings is 2. The molecule has 0 unspecified atom stereocenters. The second-order valence-electron chi connectivity index (χ2n) is 8.05. The van der Waals surface area contributed by atoms with Crippen LogP contribution in [0.1, 0.15) is 23.2 Å². The first-order valence-corrected chi connectivity index (χ1v) is 11.2. The lowest BCUT2D eigenvalue weighted by molar-refractivity contribution is 0.0169. The molecule has 1 fully saturated rings. The van der Waals surface area contributed by atoms with Crippen LogP contribution in [-0.4, -0.2) is 54.8 Å². The SMILES string of the molecule is Bc1ccc(Nc2c(C(=O)NOCCO)cc3c(ncn3CC3CCOCC3)c2F)c(Cl)c1. The number of fused-ring (bicyclic) bond motifs is 1. The minimum atomic E-state index is -0.665. The van der Waals surface area contributed by atoms with Crippen molar-refractivity contribution in [3.63, 3.8) is 0 Å². The lowest BCUT2D eigenvalue weighted by Crippen LogP contribution is -2.26. The molecule has 2 heterocycles. The maximum atomic E-state index is 15.7. The first-order valence-electron chi connectivity index (χ1n) is 10.8. The molecule has 1 saturated heterocycles. The van der Waals surface area contributed by atoms with E-state index in [4.69, 9.17) is 26.3 Å². The number of imidazole rings is 1. The van der Waals surface area contributed by atoms with Crippen LogP contribution in [-0.2, 0) is 16.1 Å². The predicted molar refractivity (Wildman–Crippen MR) is 127 cm³/mol. The van der Waals surface area contributed by atoms with Gasteiger partial charge in [-0.05, 0) is 37.0 Å². The van der Waals surface area contributed by atoms with Gasteiger partial charge in [-0.1, -0.05) is 23.1 Å². The molecule has 1 aromatic heterocycles. The smallest absolute Gasteiger partial charge is 0.277 e. The fraction of sp³-hybridized carbons (Fsp3) is 0.364. The summed E-state index contributed by atoms with van der Waals surface area (Å²) in [6.07, 6.45) is 3.42. The average Bonchev–Trinajstić information content (AvgIpc) is 3.20. The fourth-order valence-electron chi connectivity index (χ4n) is 3.88. The van der Waals surface area contributed by atoms with E-state index in [2.05, 4.69) is 15.8 Å². The lowest BCUT2D eigenvalue weighted by Gasteiger charge is -2.22. The first-order chi connectivity index (χ1) is 16.0. The van der Waals surface area contributed by atoms with Crippen molar-refractivity contribution in [2.75, 3.05) is 31.7 Å². The highest BCUT2D eigenvalue weighted by atomic mass is 35.5. The van der Waals surface area contributed by atoms with Gasteiger partial charge < -0.3 is 19.7 Å².